The molecule has 3 nitrogen and oxygen atoms in total. The van der Waals surface area contributed by atoms with Crippen molar-refractivity contribution in [2.24, 2.45) is 0 Å². The Morgan fingerprint density at radius 3 is 2.00 bits per heavy atom. The molecule has 0 saturated carbocycles. The molecule has 0 aliphatic heterocycles. The average Bonchev–Trinajstić information content (AvgIpc) is 2.53. The Hall–Kier alpha value is -2.20. The summed E-state index contributed by atoms with van der Waals surface area (Å²) >= 11 is 0. The molecule has 0 spiro atoms. The molecule has 120 valence electrons. The minimum Gasteiger partial charge on any atom is -0.289 e. The second kappa shape index (κ2) is 6.50. The first-order chi connectivity index (χ1) is 10.7. The van der Waals surface area contributed by atoms with E-state index in [2.05, 4.69) is 20.8 Å². The summed E-state index contributed by atoms with van der Waals surface area (Å²) in [6.07, 6.45) is 1.10. The summed E-state index contributed by atoms with van der Waals surface area (Å²) in [5, 5.41) is 0.967. The molecule has 0 saturated heterocycles. The summed E-state index contributed by atoms with van der Waals surface area (Å²) in [6.45, 7) is 6.19. The Kier molecular flexibility index (Phi) is 4.85. The number of sulfone groups is 1. The number of ketones is 1. The van der Waals surface area contributed by atoms with E-state index in [1.807, 2.05) is 0 Å². The molecule has 0 fully saturated rings. The number of hydrogen-bond acceptors (Lipinski definition) is 3. The molecule has 0 radical (unpaired) electrons. The first kappa shape index (κ1) is 17.2. The summed E-state index contributed by atoms with van der Waals surface area (Å²) in [4.78, 5) is 12.1. The Bertz CT molecular complexity index is 809. The normalized spacial score (nSPS) is 12.5. The Balaban J connectivity index is 2.22. The average molecular weight is 328 g/mol. The van der Waals surface area contributed by atoms with Crippen molar-refractivity contribution in [2.75, 3.05) is 0 Å². The van der Waals surface area contributed by atoms with Crippen LogP contribution in [0.2, 0.25) is 0 Å². The first-order valence-electron chi connectivity index (χ1n) is 7.33. The SMILES string of the molecule is CC(C)(C)c1ccc(S(=O)(=O)/C=C/C(=O)c2ccccc2)cc1. The van der Waals surface area contributed by atoms with Gasteiger partial charge in [-0.3, -0.25) is 4.79 Å². The zero-order valence-electron chi connectivity index (χ0n) is 13.5. The fraction of sp³-hybridized carbons (Fsp3) is 0.211. The molecule has 0 aliphatic rings. The van der Waals surface area contributed by atoms with E-state index < -0.39 is 9.84 Å². The second-order valence-electron chi connectivity index (χ2n) is 6.35. The molecule has 0 atom stereocenters. The highest BCUT2D eigenvalue weighted by molar-refractivity contribution is 7.94. The molecule has 0 heterocycles. The largest absolute Gasteiger partial charge is 0.289 e. The third kappa shape index (κ3) is 4.39. The summed E-state index contributed by atoms with van der Waals surface area (Å²) in [5.41, 5.74) is 1.48. The van der Waals surface area contributed by atoms with Gasteiger partial charge in [0.25, 0.3) is 0 Å². The molecule has 0 unspecified atom stereocenters. The second-order valence-corrected chi connectivity index (χ2v) is 8.19. The maximum Gasteiger partial charge on any atom is 0.199 e. The van der Waals surface area contributed by atoms with Gasteiger partial charge >= 0.3 is 0 Å². The lowest BCUT2D eigenvalue weighted by Crippen LogP contribution is -2.11. The number of allylic oxidation sites excluding steroid dienone is 1. The zero-order chi connectivity index (χ0) is 17.1. The van der Waals surface area contributed by atoms with Gasteiger partial charge in [-0.15, -0.1) is 0 Å². The quantitative estimate of drug-likeness (QED) is 0.625. The summed E-state index contributed by atoms with van der Waals surface area (Å²) in [5.74, 6) is -0.333. The maximum atomic E-state index is 12.3. The fourth-order valence-corrected chi connectivity index (χ4v) is 3.05. The summed E-state index contributed by atoms with van der Waals surface area (Å²) in [7, 11) is -3.63. The van der Waals surface area contributed by atoms with Crippen LogP contribution in [0.5, 0.6) is 0 Å². The Morgan fingerprint density at radius 1 is 0.913 bits per heavy atom. The molecular weight excluding hydrogens is 308 g/mol. The first-order valence-corrected chi connectivity index (χ1v) is 8.88. The van der Waals surface area contributed by atoms with Crippen LogP contribution in [0.25, 0.3) is 0 Å². The van der Waals surface area contributed by atoms with Gasteiger partial charge in [-0.2, -0.15) is 0 Å². The molecule has 2 aromatic carbocycles. The lowest BCUT2D eigenvalue weighted by molar-refractivity contribution is 0.104. The molecule has 4 heteroatoms. The van der Waals surface area contributed by atoms with Crippen LogP contribution in [0.4, 0.5) is 0 Å². The smallest absolute Gasteiger partial charge is 0.199 e. The van der Waals surface area contributed by atoms with Crippen molar-refractivity contribution in [3.8, 4) is 0 Å². The number of carbonyl (C=O) groups excluding carboxylic acids is 1. The highest BCUT2D eigenvalue weighted by Crippen LogP contribution is 2.24. The van der Waals surface area contributed by atoms with E-state index in [1.54, 1.807) is 54.6 Å². The van der Waals surface area contributed by atoms with E-state index in [4.69, 9.17) is 0 Å². The van der Waals surface area contributed by atoms with Gasteiger partial charge in [-0.25, -0.2) is 8.42 Å². The van der Waals surface area contributed by atoms with E-state index in [0.717, 1.165) is 17.0 Å². The van der Waals surface area contributed by atoms with Crippen LogP contribution in [0.3, 0.4) is 0 Å². The molecule has 0 N–H and O–H groups in total. The fourth-order valence-electron chi connectivity index (χ4n) is 2.07. The van der Waals surface area contributed by atoms with E-state index in [0.29, 0.717) is 5.56 Å². The Labute approximate surface area is 137 Å². The number of rotatable bonds is 4. The van der Waals surface area contributed by atoms with E-state index in [1.165, 1.54) is 0 Å². The van der Waals surface area contributed by atoms with Gasteiger partial charge in [0.15, 0.2) is 15.6 Å². The molecule has 0 bridgehead atoms. The van der Waals surface area contributed by atoms with Crippen molar-refractivity contribution in [1.82, 2.24) is 0 Å². The Morgan fingerprint density at radius 2 is 1.48 bits per heavy atom. The van der Waals surface area contributed by atoms with Crippen molar-refractivity contribution < 1.29 is 13.2 Å². The van der Waals surface area contributed by atoms with Crippen molar-refractivity contribution in [1.29, 1.82) is 0 Å². The van der Waals surface area contributed by atoms with Crippen LogP contribution < -0.4 is 0 Å². The standard InChI is InChI=1S/C19H20O3S/c1-19(2,3)16-9-11-17(12-10-16)23(21,22)14-13-18(20)15-7-5-4-6-8-15/h4-14H,1-3H3/b14-13+. The number of benzene rings is 2. The highest BCUT2D eigenvalue weighted by Gasteiger charge is 2.16. The van der Waals surface area contributed by atoms with Crippen molar-refractivity contribution in [3.05, 3.63) is 77.2 Å². The molecule has 23 heavy (non-hydrogen) atoms. The number of hydrogen-bond donors (Lipinski definition) is 0. The molecule has 0 amide bonds. The van der Waals surface area contributed by atoms with Crippen LogP contribution in [0, 0.1) is 0 Å². The summed E-state index contributed by atoms with van der Waals surface area (Å²) < 4.78 is 24.6. The van der Waals surface area contributed by atoms with Gasteiger partial charge in [0.1, 0.15) is 0 Å². The summed E-state index contributed by atoms with van der Waals surface area (Å²) in [6, 6.07) is 15.3. The topological polar surface area (TPSA) is 51.2 Å². The predicted octanol–water partition coefficient (Wildman–Crippen LogP) is 4.15. The van der Waals surface area contributed by atoms with Gasteiger partial charge in [0.2, 0.25) is 0 Å². The third-order valence-electron chi connectivity index (χ3n) is 3.51. The van der Waals surface area contributed by atoms with Crippen LogP contribution in [-0.2, 0) is 15.3 Å². The van der Waals surface area contributed by atoms with Gasteiger partial charge in [-0.1, -0.05) is 63.2 Å². The van der Waals surface area contributed by atoms with E-state index in [9.17, 15) is 13.2 Å². The van der Waals surface area contributed by atoms with Crippen molar-refractivity contribution >= 4 is 15.6 Å². The highest BCUT2D eigenvalue weighted by atomic mass is 32.2. The third-order valence-corrected chi connectivity index (χ3v) is 4.93. The van der Waals surface area contributed by atoms with Crippen LogP contribution in [0.15, 0.2) is 71.0 Å². The van der Waals surface area contributed by atoms with Crippen molar-refractivity contribution in [3.63, 3.8) is 0 Å². The molecule has 0 aliphatic carbocycles. The molecule has 2 aromatic rings. The van der Waals surface area contributed by atoms with Crippen LogP contribution in [-0.4, -0.2) is 14.2 Å². The van der Waals surface area contributed by atoms with Gasteiger partial charge in [0, 0.05) is 11.0 Å². The van der Waals surface area contributed by atoms with Crippen LogP contribution in [0.1, 0.15) is 36.7 Å². The van der Waals surface area contributed by atoms with E-state index in [-0.39, 0.29) is 16.1 Å². The lowest BCUT2D eigenvalue weighted by Gasteiger charge is -2.18. The zero-order valence-corrected chi connectivity index (χ0v) is 14.3. The minimum atomic E-state index is -3.63. The molecule has 2 rings (SSSR count). The lowest BCUT2D eigenvalue weighted by atomic mass is 9.87. The molecule has 0 aromatic heterocycles. The molecular formula is C19H20O3S. The van der Waals surface area contributed by atoms with Crippen molar-refractivity contribution in [2.45, 2.75) is 31.1 Å². The predicted molar refractivity (Wildman–Crippen MR) is 92.2 cm³/mol. The van der Waals surface area contributed by atoms with Crippen LogP contribution >= 0.6 is 0 Å². The van der Waals surface area contributed by atoms with Gasteiger partial charge < -0.3 is 0 Å². The minimum absolute atomic E-state index is 0.0403. The number of carbonyl (C=O) groups is 1. The maximum absolute atomic E-state index is 12.3. The monoisotopic (exact) mass is 328 g/mol. The van der Waals surface area contributed by atoms with Gasteiger partial charge in [-0.05, 0) is 29.2 Å². The van der Waals surface area contributed by atoms with E-state index >= 15 is 0 Å². The van der Waals surface area contributed by atoms with Gasteiger partial charge in [0.05, 0.1) is 4.90 Å².